The third kappa shape index (κ3) is 4.87. The number of ether oxygens (including phenoxy) is 3. The number of rotatable bonds is 7. The summed E-state index contributed by atoms with van der Waals surface area (Å²) in [4.78, 5) is 53.3. The molecule has 10 nitrogen and oxygen atoms in total. The zero-order valence-electron chi connectivity index (χ0n) is 32.4. The molecule has 2 aromatic heterocycles. The molecule has 0 amide bonds. The summed E-state index contributed by atoms with van der Waals surface area (Å²) in [6.45, 7) is 6.08. The Morgan fingerprint density at radius 3 is 2.48 bits per heavy atom. The van der Waals surface area contributed by atoms with Crippen LogP contribution in [-0.2, 0) is 42.1 Å². The van der Waals surface area contributed by atoms with Crippen LogP contribution in [0.5, 0.6) is 5.75 Å². The van der Waals surface area contributed by atoms with Gasteiger partial charge in [0.2, 0.25) is 0 Å². The van der Waals surface area contributed by atoms with Crippen molar-refractivity contribution in [3.05, 3.63) is 64.5 Å². The first-order chi connectivity index (χ1) is 26.2. The molecule has 54 heavy (non-hydrogen) atoms. The molecule has 1 unspecified atom stereocenters. The fraction of sp³-hybridized carbons (Fsp3) is 0.568. The minimum absolute atomic E-state index is 0.0234. The van der Waals surface area contributed by atoms with Gasteiger partial charge < -0.3 is 33.9 Å². The Kier molecular flexibility index (Phi) is 8.73. The van der Waals surface area contributed by atoms with E-state index in [0.29, 0.717) is 25.3 Å². The van der Waals surface area contributed by atoms with Crippen molar-refractivity contribution in [3.63, 3.8) is 0 Å². The average Bonchev–Trinajstić information content (AvgIpc) is 3.71. The minimum atomic E-state index is -0.897. The summed E-state index contributed by atoms with van der Waals surface area (Å²) in [7, 11) is 6.94. The number of methoxy groups -OCH3 is 3. The lowest BCUT2D eigenvalue weighted by Crippen LogP contribution is -2.71. The Hall–Kier alpha value is -4.15. The molecule has 0 spiro atoms. The van der Waals surface area contributed by atoms with Gasteiger partial charge in [-0.25, -0.2) is 0 Å². The lowest BCUT2D eigenvalue weighted by Gasteiger charge is -2.60. The Labute approximate surface area is 317 Å². The number of aldehydes is 1. The number of aromatic amines is 2. The maximum Gasteiger partial charge on any atom is 0.319 e. The van der Waals surface area contributed by atoms with Gasteiger partial charge in [0.05, 0.1) is 33.3 Å². The second-order valence-electron chi connectivity index (χ2n) is 17.0. The number of hydrogen-bond acceptors (Lipinski definition) is 8. The molecular formula is C44H54N4O6. The summed E-state index contributed by atoms with van der Waals surface area (Å²) >= 11 is 0. The highest BCUT2D eigenvalue weighted by atomic mass is 16.5. The zero-order chi connectivity index (χ0) is 37.6. The molecule has 2 aromatic carbocycles. The molecule has 10 heteroatoms. The number of carbonyl (C=O) groups is 3. The van der Waals surface area contributed by atoms with Crippen LogP contribution in [-0.4, -0.2) is 97.6 Å². The molecule has 6 bridgehead atoms. The van der Waals surface area contributed by atoms with Crippen molar-refractivity contribution in [2.24, 2.45) is 29.6 Å². The third-order valence-electron chi connectivity index (χ3n) is 15.0. The number of nitrogens with zero attached hydrogens (tertiary/aromatic N) is 2. The number of hydrogen-bond donors (Lipinski definition) is 2. The number of aromatic nitrogens is 2. The highest BCUT2D eigenvalue weighted by Crippen LogP contribution is 2.58. The number of benzene rings is 2. The number of likely N-dealkylation sites (N-methyl/N-ethyl adjacent to an activating group) is 1. The number of carbonyl (C=O) groups excluding carboxylic acids is 3. The van der Waals surface area contributed by atoms with Crippen LogP contribution >= 0.6 is 0 Å². The van der Waals surface area contributed by atoms with Crippen LogP contribution in [0, 0.1) is 29.6 Å². The van der Waals surface area contributed by atoms with Crippen molar-refractivity contribution in [2.75, 3.05) is 41.5 Å². The van der Waals surface area contributed by atoms with Gasteiger partial charge in [-0.2, -0.15) is 0 Å². The summed E-state index contributed by atoms with van der Waals surface area (Å²) in [6.07, 6.45) is 6.79. The van der Waals surface area contributed by atoms with Crippen molar-refractivity contribution in [2.45, 2.75) is 88.3 Å². The molecule has 4 fully saturated rings. The van der Waals surface area contributed by atoms with Gasteiger partial charge >= 0.3 is 11.9 Å². The molecule has 10 rings (SSSR count). The van der Waals surface area contributed by atoms with Crippen LogP contribution < -0.4 is 4.74 Å². The molecule has 2 aliphatic carbocycles. The molecule has 11 atom stereocenters. The average molecular weight is 735 g/mol. The van der Waals surface area contributed by atoms with Gasteiger partial charge in [-0.1, -0.05) is 44.9 Å². The van der Waals surface area contributed by atoms with Gasteiger partial charge in [0, 0.05) is 75.9 Å². The van der Waals surface area contributed by atoms with Crippen molar-refractivity contribution >= 4 is 40.0 Å². The number of piperidine rings is 3. The summed E-state index contributed by atoms with van der Waals surface area (Å²) in [5.74, 6) is 0.887. The lowest BCUT2D eigenvalue weighted by molar-refractivity contribution is -0.169. The highest BCUT2D eigenvalue weighted by molar-refractivity contribution is 5.93. The molecule has 0 radical (unpaired) electrons. The maximum absolute atomic E-state index is 14.3. The fourth-order valence-corrected chi connectivity index (χ4v) is 12.7. The monoisotopic (exact) mass is 734 g/mol. The van der Waals surface area contributed by atoms with Crippen LogP contribution in [0.15, 0.2) is 36.4 Å². The number of likely N-dealkylation sites (tertiary alicyclic amines) is 1. The molecule has 4 aliphatic heterocycles. The standard InChI is InChI=1S/C44H54N4O6/c1-7-23-15-25-20-44(43(51)54-6)40-27(13-14-48(41(23)44)36(25)22-49)29-17-30(37(52-4)19-34(29)46-40)31-16-28-24(8-2)21-47(3)35(38(28)42(50)53-5)18-32-26-11-9-10-12-33(26)45-39(31)32/h9-12,17,19,22-25,28,31,35-36,38,41,45-46H,7-8,13-16,18,20-21H2,1-6H3/t23-,24+,25+,28-,31-,35-,36-,38-,41-,44+/m0/s1. The van der Waals surface area contributed by atoms with E-state index in [1.807, 2.05) is 0 Å². The lowest BCUT2D eigenvalue weighted by atomic mass is 9.54. The molecule has 6 aliphatic rings. The highest BCUT2D eigenvalue weighted by Gasteiger charge is 2.65. The van der Waals surface area contributed by atoms with Crippen LogP contribution in [0.2, 0.25) is 0 Å². The first-order valence-electron chi connectivity index (χ1n) is 20.1. The summed E-state index contributed by atoms with van der Waals surface area (Å²) in [5, 5.41) is 2.27. The Balaban J connectivity index is 1.27. The van der Waals surface area contributed by atoms with Gasteiger partial charge in [-0.15, -0.1) is 0 Å². The number of para-hydroxylation sites is 1. The molecule has 286 valence electrons. The van der Waals surface area contributed by atoms with Crippen molar-refractivity contribution in [1.82, 2.24) is 19.8 Å². The van der Waals surface area contributed by atoms with E-state index in [4.69, 9.17) is 14.2 Å². The Morgan fingerprint density at radius 2 is 1.76 bits per heavy atom. The van der Waals surface area contributed by atoms with Gasteiger partial charge in [0.15, 0.2) is 0 Å². The van der Waals surface area contributed by atoms with Gasteiger partial charge in [0.1, 0.15) is 17.5 Å². The second kappa shape index (κ2) is 13.3. The van der Waals surface area contributed by atoms with E-state index >= 15 is 0 Å². The van der Waals surface area contributed by atoms with E-state index in [1.165, 1.54) is 30.9 Å². The van der Waals surface area contributed by atoms with E-state index in [1.54, 1.807) is 7.11 Å². The second-order valence-corrected chi connectivity index (χ2v) is 17.0. The Bertz CT molecular complexity index is 2140. The molecule has 2 N–H and O–H groups in total. The van der Waals surface area contributed by atoms with E-state index in [9.17, 15) is 14.4 Å². The molecule has 4 aromatic rings. The van der Waals surface area contributed by atoms with Crippen LogP contribution in [0.4, 0.5) is 0 Å². The van der Waals surface area contributed by atoms with Gasteiger partial charge in [-0.3, -0.25) is 14.5 Å². The van der Waals surface area contributed by atoms with Crippen LogP contribution in [0.3, 0.4) is 0 Å². The van der Waals surface area contributed by atoms with E-state index in [0.717, 1.165) is 83.9 Å². The summed E-state index contributed by atoms with van der Waals surface area (Å²) in [6, 6.07) is 12.7. The number of nitrogens with one attached hydrogen (secondary N) is 2. The van der Waals surface area contributed by atoms with Crippen molar-refractivity contribution in [1.29, 1.82) is 0 Å². The fourth-order valence-electron chi connectivity index (χ4n) is 12.7. The van der Waals surface area contributed by atoms with E-state index in [2.05, 4.69) is 77.1 Å². The predicted molar refractivity (Wildman–Crippen MR) is 207 cm³/mol. The molecule has 1 saturated carbocycles. The zero-order valence-corrected chi connectivity index (χ0v) is 32.4. The summed E-state index contributed by atoms with van der Waals surface area (Å²) < 4.78 is 17.6. The summed E-state index contributed by atoms with van der Waals surface area (Å²) in [5.41, 5.74) is 6.73. The number of fused-ring (bicyclic) bond motifs is 9. The quantitative estimate of drug-likeness (QED) is 0.172. The first-order valence-corrected chi connectivity index (χ1v) is 20.1. The molecule has 3 saturated heterocycles. The van der Waals surface area contributed by atoms with Gasteiger partial charge in [-0.05, 0) is 86.1 Å². The topological polar surface area (TPSA) is 117 Å². The van der Waals surface area contributed by atoms with E-state index in [-0.39, 0.29) is 59.7 Å². The smallest absolute Gasteiger partial charge is 0.319 e. The maximum atomic E-state index is 14.3. The van der Waals surface area contributed by atoms with Crippen molar-refractivity contribution < 1.29 is 28.6 Å². The molecular weight excluding hydrogens is 681 g/mol. The first kappa shape index (κ1) is 35.5. The normalized spacial score (nSPS) is 34.3. The van der Waals surface area contributed by atoms with Crippen molar-refractivity contribution in [3.8, 4) is 5.75 Å². The largest absolute Gasteiger partial charge is 0.496 e. The predicted octanol–water partition coefficient (Wildman–Crippen LogP) is 6.14. The minimum Gasteiger partial charge on any atom is -0.496 e. The third-order valence-corrected chi connectivity index (χ3v) is 15.0. The van der Waals surface area contributed by atoms with Crippen LogP contribution in [0.25, 0.3) is 21.8 Å². The van der Waals surface area contributed by atoms with E-state index < -0.39 is 5.41 Å². The number of esters is 2. The number of H-pyrrole nitrogens is 2. The Morgan fingerprint density at radius 1 is 0.963 bits per heavy atom. The van der Waals surface area contributed by atoms with Gasteiger partial charge in [0.25, 0.3) is 0 Å². The molecule has 6 heterocycles. The van der Waals surface area contributed by atoms with Crippen LogP contribution in [0.1, 0.15) is 79.9 Å². The SMILES string of the molecule is CC[C@@H]1CN(C)[C@H]2Cc3c([nH]c4ccccc34)[C@H](c3cc4c5c([nH]c4cc3OC)[C@]3(C(=O)OC)C[C@H]4C[C@H](CC)[C@@H]3N(CC5)[C@H]4C=O)C[C@@H]1[C@@H]2C(=O)OC.